The molecule has 65 heavy (non-hydrogen) atoms. The van der Waals surface area contributed by atoms with Gasteiger partial charge in [-0.05, 0) is 82.6 Å². The summed E-state index contributed by atoms with van der Waals surface area (Å²) in [6.07, 6.45) is 0.214. The number of halogens is 2. The largest absolute Gasteiger partial charge is 0.475 e. The second kappa shape index (κ2) is 17.9. The van der Waals surface area contributed by atoms with Crippen molar-refractivity contribution in [3.05, 3.63) is 71.4 Å². The Hall–Kier alpha value is -5.73. The summed E-state index contributed by atoms with van der Waals surface area (Å²) < 4.78 is 78.0. The Morgan fingerprint density at radius 3 is 2.03 bits per heavy atom. The summed E-state index contributed by atoms with van der Waals surface area (Å²) in [4.78, 5) is 47.9. The third kappa shape index (κ3) is 9.65. The molecule has 1 aliphatic heterocycles. The van der Waals surface area contributed by atoms with Crippen LogP contribution in [0, 0.1) is 23.1 Å². The van der Waals surface area contributed by atoms with Crippen LogP contribution in [-0.2, 0) is 19.3 Å². The summed E-state index contributed by atoms with van der Waals surface area (Å²) in [6.45, 7) is 24.6. The molecule has 0 aliphatic carbocycles. The van der Waals surface area contributed by atoms with Gasteiger partial charge >= 0.3 is 12.2 Å². The van der Waals surface area contributed by atoms with Crippen molar-refractivity contribution in [3.63, 3.8) is 0 Å². The molecule has 0 saturated carbocycles. The second-order valence-electron chi connectivity index (χ2n) is 19.3. The Labute approximate surface area is 381 Å². The van der Waals surface area contributed by atoms with Crippen LogP contribution in [-0.4, -0.2) is 79.2 Å². The maximum absolute atomic E-state index is 17.6. The van der Waals surface area contributed by atoms with E-state index in [4.69, 9.17) is 19.2 Å². The average molecular weight is 929 g/mol. The molecular weight excluding hydrogens is 871 g/mol. The predicted molar refractivity (Wildman–Crippen MR) is 252 cm³/mol. The number of anilines is 2. The molecule has 0 bridgehead atoms. The smallest absolute Gasteiger partial charge is 0.425 e. The van der Waals surface area contributed by atoms with E-state index < -0.39 is 69.6 Å². The van der Waals surface area contributed by atoms with Gasteiger partial charge in [0.05, 0.1) is 18.2 Å². The lowest BCUT2D eigenvalue weighted by Crippen LogP contribution is -2.45. The van der Waals surface area contributed by atoms with Crippen LogP contribution >= 0.6 is 0 Å². The maximum Gasteiger partial charge on any atom is 0.425 e. The Bertz CT molecular complexity index is 2820. The van der Waals surface area contributed by atoms with E-state index in [0.29, 0.717) is 21.2 Å². The summed E-state index contributed by atoms with van der Waals surface area (Å²) in [5.41, 5.74) is 2.33. The van der Waals surface area contributed by atoms with Crippen molar-refractivity contribution < 1.29 is 41.0 Å². The number of amides is 2. The van der Waals surface area contributed by atoms with Crippen molar-refractivity contribution in [2.24, 2.45) is 0 Å². The maximum atomic E-state index is 17.6. The molecule has 4 heterocycles. The molecule has 17 heteroatoms. The van der Waals surface area contributed by atoms with Crippen LogP contribution in [0.15, 0.2) is 53.8 Å². The van der Waals surface area contributed by atoms with Crippen LogP contribution in [0.5, 0.6) is 5.88 Å². The van der Waals surface area contributed by atoms with E-state index in [1.807, 2.05) is 0 Å². The first kappa shape index (κ1) is 48.7. The average Bonchev–Trinajstić information content (AvgIpc) is 3.37. The lowest BCUT2D eigenvalue weighted by molar-refractivity contribution is 0.0428. The van der Waals surface area contributed by atoms with Crippen molar-refractivity contribution >= 4 is 63.4 Å². The molecule has 1 aliphatic rings. The van der Waals surface area contributed by atoms with Crippen molar-refractivity contribution in [2.75, 3.05) is 29.2 Å². The van der Waals surface area contributed by atoms with Crippen molar-refractivity contribution in [2.45, 2.75) is 129 Å². The molecule has 3 aromatic heterocycles. The first-order valence-electron chi connectivity index (χ1n) is 21.6. The van der Waals surface area contributed by atoms with Crippen molar-refractivity contribution in [1.29, 1.82) is 0 Å². The summed E-state index contributed by atoms with van der Waals surface area (Å²) in [6, 6.07) is 10.4. The third-order valence-corrected chi connectivity index (χ3v) is 18.6. The van der Waals surface area contributed by atoms with Gasteiger partial charge in [-0.2, -0.15) is 4.90 Å². The molecule has 0 spiro atoms. The molecule has 1 unspecified atom stereocenters. The van der Waals surface area contributed by atoms with E-state index in [0.717, 1.165) is 6.26 Å². The normalized spacial score (nSPS) is 14.0. The molecule has 0 N–H and O–H groups in total. The molecule has 5 aromatic rings. The highest BCUT2D eigenvalue weighted by Crippen LogP contribution is 2.45. The van der Waals surface area contributed by atoms with Gasteiger partial charge in [0.15, 0.2) is 11.6 Å². The number of hydrogen-bond acceptors (Lipinski definition) is 12. The molecule has 1 atom stereocenters. The molecule has 0 saturated heterocycles. The SMILES string of the molecule is CC(c1cccnc1N(C(=O)OC(C)(C)C)C(=O)OC(C)(C)C)N1CCOc2nc(-c3cccc4ccc(F)c(C#C[Si](C(C)C)(C(C)C)C(C)C)c34)c(F)c3nc(S(C)(=O)=O)nc1c23. The minimum Gasteiger partial charge on any atom is -0.475 e. The molecule has 13 nitrogen and oxygen atoms in total. The minimum atomic E-state index is -4.19. The predicted octanol–water partition coefficient (Wildman–Crippen LogP) is 11.1. The number of fused-ring (bicyclic) bond motifs is 1. The zero-order valence-electron chi connectivity index (χ0n) is 39.5. The van der Waals surface area contributed by atoms with Gasteiger partial charge in [-0.3, -0.25) is 0 Å². The fourth-order valence-electron chi connectivity index (χ4n) is 8.71. The number of aromatic nitrogens is 4. The molecule has 6 rings (SSSR count). The standard InChI is InChI=1S/C48H58F2N6O7SSi/c1-27(2)65(28(3)4,29(5)6)26-22-33-35(49)21-20-31-17-15-18-34(36(31)33)39-38(50)40-37-42(54-44(53-40)64(14,59)60)55(24-25-61-43(37)52-39)30(7)32-19-16-23-51-41(32)56(45(57)62-47(8,9)10)46(58)63-48(11,12)13/h15-21,23,27-30H,24-25H2,1-14H3. The van der Waals surface area contributed by atoms with E-state index in [1.54, 1.807) is 89.8 Å². The number of imide groups is 1. The van der Waals surface area contributed by atoms with Crippen LogP contribution in [0.4, 0.5) is 30.0 Å². The summed E-state index contributed by atoms with van der Waals surface area (Å²) in [7, 11) is -6.55. The van der Waals surface area contributed by atoms with Crippen molar-refractivity contribution in [3.8, 4) is 28.6 Å². The van der Waals surface area contributed by atoms with Gasteiger partial charge in [-0.25, -0.2) is 46.7 Å². The summed E-state index contributed by atoms with van der Waals surface area (Å²) in [5.74, 6) is 1.42. The van der Waals surface area contributed by atoms with Gasteiger partial charge in [0.1, 0.15) is 54.1 Å². The third-order valence-electron chi connectivity index (χ3n) is 11.5. The zero-order valence-corrected chi connectivity index (χ0v) is 41.4. The molecule has 2 aromatic carbocycles. The number of nitrogens with zero attached hydrogens (tertiary/aromatic N) is 6. The molecular formula is C48H58F2N6O7SSi. The number of rotatable bonds is 8. The van der Waals surface area contributed by atoms with Crippen LogP contribution in [0.1, 0.15) is 107 Å². The number of carbonyl (C=O) groups excluding carboxylic acids is 2. The van der Waals surface area contributed by atoms with Crippen molar-refractivity contribution in [1.82, 2.24) is 19.9 Å². The quantitative estimate of drug-likeness (QED) is 0.0826. The number of sulfone groups is 1. The van der Waals surface area contributed by atoms with Crippen LogP contribution in [0.25, 0.3) is 32.9 Å². The highest BCUT2D eigenvalue weighted by atomic mass is 32.2. The van der Waals surface area contributed by atoms with Gasteiger partial charge in [-0.1, -0.05) is 77.8 Å². The number of benzene rings is 2. The number of ether oxygens (including phenoxy) is 3. The Balaban J connectivity index is 1.60. The molecule has 2 amide bonds. The topological polar surface area (TPSA) is 154 Å². The molecule has 0 radical (unpaired) electrons. The first-order valence-corrected chi connectivity index (χ1v) is 25.8. The summed E-state index contributed by atoms with van der Waals surface area (Å²) in [5, 5.41) is 0.218. The number of pyridine rings is 2. The summed E-state index contributed by atoms with van der Waals surface area (Å²) >= 11 is 0. The number of carbonyl (C=O) groups is 2. The molecule has 346 valence electrons. The van der Waals surface area contributed by atoms with E-state index in [1.165, 1.54) is 12.3 Å². The Morgan fingerprint density at radius 2 is 1.46 bits per heavy atom. The van der Waals surface area contributed by atoms with Gasteiger partial charge in [0, 0.05) is 29.0 Å². The van der Waals surface area contributed by atoms with E-state index in [2.05, 4.69) is 68.0 Å². The Kier molecular flexibility index (Phi) is 13.4. The second-order valence-corrected chi connectivity index (χ2v) is 26.8. The zero-order chi connectivity index (χ0) is 48.1. The van der Waals surface area contributed by atoms with Gasteiger partial charge < -0.3 is 19.1 Å². The highest BCUT2D eigenvalue weighted by molar-refractivity contribution is 7.90. The monoisotopic (exact) mass is 928 g/mol. The first-order chi connectivity index (χ1) is 30.2. The number of hydrogen-bond donors (Lipinski definition) is 0. The van der Waals surface area contributed by atoms with Gasteiger partial charge in [0.25, 0.3) is 0 Å². The minimum absolute atomic E-state index is 0.0300. The lowest BCUT2D eigenvalue weighted by Gasteiger charge is -2.38. The van der Waals surface area contributed by atoms with Gasteiger partial charge in [0.2, 0.25) is 20.9 Å². The van der Waals surface area contributed by atoms with E-state index >= 15 is 8.78 Å². The van der Waals surface area contributed by atoms with Crippen LogP contribution in [0.2, 0.25) is 16.6 Å². The van der Waals surface area contributed by atoms with Crippen LogP contribution < -0.4 is 14.5 Å². The lowest BCUT2D eigenvalue weighted by atomic mass is 9.96. The fraction of sp³-hybridized carbons (Fsp3) is 0.458. The van der Waals surface area contributed by atoms with E-state index in [9.17, 15) is 18.0 Å². The van der Waals surface area contributed by atoms with E-state index in [-0.39, 0.29) is 69.5 Å². The highest BCUT2D eigenvalue weighted by Gasteiger charge is 2.42. The van der Waals surface area contributed by atoms with Gasteiger partial charge in [-0.15, -0.1) is 5.54 Å². The molecule has 0 fully saturated rings. The fourth-order valence-corrected chi connectivity index (χ4v) is 14.4. The van der Waals surface area contributed by atoms with Crippen LogP contribution in [0.3, 0.4) is 0 Å². The Morgan fingerprint density at radius 1 is 0.846 bits per heavy atom.